The third-order valence-corrected chi connectivity index (χ3v) is 6.15. The summed E-state index contributed by atoms with van der Waals surface area (Å²) in [5.74, 6) is -1.92. The molecule has 3 aliphatic rings. The fraction of sp³-hybridized carbons (Fsp3) is 0.545. The summed E-state index contributed by atoms with van der Waals surface area (Å²) in [5, 5.41) is 2.21. The van der Waals surface area contributed by atoms with Gasteiger partial charge in [-0.05, 0) is 49.9 Å². The lowest BCUT2D eigenvalue weighted by atomic mass is 10.0. The van der Waals surface area contributed by atoms with Crippen LogP contribution in [-0.4, -0.2) is 71.8 Å². The Balaban J connectivity index is 1.39. The molecule has 4 rings (SSSR count). The Morgan fingerprint density at radius 2 is 1.77 bits per heavy atom. The number of fused-ring (bicyclic) bond motifs is 1. The van der Waals surface area contributed by atoms with E-state index in [2.05, 4.69) is 10.2 Å². The van der Waals surface area contributed by atoms with Crippen LogP contribution < -0.4 is 11.1 Å². The number of nitrogens with zero attached hydrogens (tertiary/aromatic N) is 2. The molecule has 4 amide bonds. The van der Waals surface area contributed by atoms with Crippen molar-refractivity contribution < 1.29 is 23.9 Å². The lowest BCUT2D eigenvalue weighted by Gasteiger charge is -2.32. The van der Waals surface area contributed by atoms with Gasteiger partial charge in [-0.3, -0.25) is 34.3 Å². The van der Waals surface area contributed by atoms with Gasteiger partial charge in [0.15, 0.2) is 0 Å². The highest BCUT2D eigenvalue weighted by molar-refractivity contribution is 6.23. The number of benzene rings is 1. The van der Waals surface area contributed by atoms with E-state index in [9.17, 15) is 19.2 Å². The van der Waals surface area contributed by atoms with Crippen molar-refractivity contribution in [2.75, 3.05) is 26.2 Å². The predicted octanol–water partition coefficient (Wildman–Crippen LogP) is 0.418. The summed E-state index contributed by atoms with van der Waals surface area (Å²) in [6.45, 7) is 3.83. The Morgan fingerprint density at radius 1 is 1.03 bits per heavy atom. The van der Waals surface area contributed by atoms with E-state index in [1.165, 1.54) is 0 Å². The molecule has 0 aromatic heterocycles. The lowest BCUT2D eigenvalue weighted by molar-refractivity contribution is -0.136. The first kappa shape index (κ1) is 21.6. The number of carbonyl (C=O) groups excluding carboxylic acids is 4. The zero-order valence-electron chi connectivity index (χ0n) is 17.5. The van der Waals surface area contributed by atoms with Gasteiger partial charge >= 0.3 is 0 Å². The van der Waals surface area contributed by atoms with Gasteiger partial charge in [-0.2, -0.15) is 0 Å². The summed E-state index contributed by atoms with van der Waals surface area (Å²) in [6, 6.07) is 4.35. The Kier molecular flexibility index (Phi) is 6.45. The van der Waals surface area contributed by atoms with Gasteiger partial charge in [0.2, 0.25) is 11.8 Å². The average molecular weight is 428 g/mol. The van der Waals surface area contributed by atoms with Crippen LogP contribution in [0.3, 0.4) is 0 Å². The summed E-state index contributed by atoms with van der Waals surface area (Å²) in [4.78, 5) is 52.6. The number of nitrogens with one attached hydrogen (secondary N) is 1. The summed E-state index contributed by atoms with van der Waals surface area (Å²) in [6.07, 6.45) is 3.32. The molecule has 31 heavy (non-hydrogen) atoms. The zero-order valence-corrected chi connectivity index (χ0v) is 17.5. The molecule has 3 aliphatic heterocycles. The minimum absolute atomic E-state index is 0.112. The standard InChI is InChI=1S/C22H28N4O5/c23-8-1-11-31-15-6-9-25(10-7-15)13-14-2-3-16-17(12-14)22(30)26(21(16)29)18-4-5-19(27)24-20(18)28/h2-3,12,15,18H,1,4-11,13,23H2,(H,24,27,28). The Bertz CT molecular complexity index is 894. The molecular formula is C22H28N4O5. The summed E-state index contributed by atoms with van der Waals surface area (Å²) in [5.41, 5.74) is 7.09. The quantitative estimate of drug-likeness (QED) is 0.477. The topological polar surface area (TPSA) is 122 Å². The molecule has 1 atom stereocenters. The SMILES string of the molecule is NCCCOC1CCN(Cc2ccc3c(c2)C(=O)N(C2CCC(=O)NC2=O)C3=O)CC1. The lowest BCUT2D eigenvalue weighted by Crippen LogP contribution is -2.54. The second-order valence-electron chi connectivity index (χ2n) is 8.32. The van der Waals surface area contributed by atoms with Crippen molar-refractivity contribution in [1.82, 2.24) is 15.1 Å². The van der Waals surface area contributed by atoms with Crippen LogP contribution in [0.1, 0.15) is 58.4 Å². The monoisotopic (exact) mass is 428 g/mol. The van der Waals surface area contributed by atoms with E-state index in [4.69, 9.17) is 10.5 Å². The molecule has 0 spiro atoms. The highest BCUT2D eigenvalue weighted by Gasteiger charge is 2.44. The molecule has 1 unspecified atom stereocenters. The van der Waals surface area contributed by atoms with Crippen LogP contribution in [0, 0.1) is 0 Å². The minimum Gasteiger partial charge on any atom is -0.378 e. The highest BCUT2D eigenvalue weighted by Crippen LogP contribution is 2.29. The Morgan fingerprint density at radius 3 is 2.48 bits per heavy atom. The molecule has 9 nitrogen and oxygen atoms in total. The molecule has 2 saturated heterocycles. The predicted molar refractivity (Wildman–Crippen MR) is 111 cm³/mol. The third kappa shape index (κ3) is 4.53. The van der Waals surface area contributed by atoms with Crippen molar-refractivity contribution in [2.45, 2.75) is 50.8 Å². The second kappa shape index (κ2) is 9.25. The second-order valence-corrected chi connectivity index (χ2v) is 8.32. The first-order valence-corrected chi connectivity index (χ1v) is 10.9. The first-order valence-electron chi connectivity index (χ1n) is 10.9. The Hall–Kier alpha value is -2.62. The van der Waals surface area contributed by atoms with E-state index in [0.29, 0.717) is 30.8 Å². The van der Waals surface area contributed by atoms with Gasteiger partial charge in [0.25, 0.3) is 11.8 Å². The van der Waals surface area contributed by atoms with Crippen molar-refractivity contribution in [3.05, 3.63) is 34.9 Å². The largest absolute Gasteiger partial charge is 0.378 e. The molecule has 0 aliphatic carbocycles. The van der Waals surface area contributed by atoms with Crippen LogP contribution in [0.25, 0.3) is 0 Å². The number of nitrogens with two attached hydrogens (primary N) is 1. The fourth-order valence-electron chi connectivity index (χ4n) is 4.44. The fourth-order valence-corrected chi connectivity index (χ4v) is 4.44. The number of likely N-dealkylation sites (tertiary alicyclic amines) is 1. The molecule has 1 aromatic rings. The molecule has 166 valence electrons. The van der Waals surface area contributed by atoms with Gasteiger partial charge in [0, 0.05) is 32.7 Å². The van der Waals surface area contributed by atoms with Gasteiger partial charge in [0.05, 0.1) is 17.2 Å². The molecule has 1 aromatic carbocycles. The van der Waals surface area contributed by atoms with E-state index in [-0.39, 0.29) is 24.9 Å². The maximum atomic E-state index is 12.9. The number of rotatable bonds is 7. The Labute approximate surface area is 180 Å². The van der Waals surface area contributed by atoms with E-state index in [1.807, 2.05) is 6.07 Å². The number of hydrogen-bond donors (Lipinski definition) is 2. The van der Waals surface area contributed by atoms with Crippen LogP contribution >= 0.6 is 0 Å². The summed E-state index contributed by atoms with van der Waals surface area (Å²) in [7, 11) is 0. The number of piperidine rings is 2. The van der Waals surface area contributed by atoms with Crippen LogP contribution in [-0.2, 0) is 20.9 Å². The van der Waals surface area contributed by atoms with E-state index >= 15 is 0 Å². The van der Waals surface area contributed by atoms with E-state index in [0.717, 1.165) is 42.8 Å². The van der Waals surface area contributed by atoms with Gasteiger partial charge < -0.3 is 10.5 Å². The molecule has 2 fully saturated rings. The van der Waals surface area contributed by atoms with E-state index in [1.54, 1.807) is 12.1 Å². The van der Waals surface area contributed by atoms with Crippen molar-refractivity contribution in [3.63, 3.8) is 0 Å². The molecule has 0 saturated carbocycles. The van der Waals surface area contributed by atoms with Crippen molar-refractivity contribution in [3.8, 4) is 0 Å². The van der Waals surface area contributed by atoms with Crippen molar-refractivity contribution >= 4 is 23.6 Å². The minimum atomic E-state index is -0.938. The van der Waals surface area contributed by atoms with Crippen LogP contribution in [0.5, 0.6) is 0 Å². The van der Waals surface area contributed by atoms with Crippen molar-refractivity contribution in [2.24, 2.45) is 5.73 Å². The molecule has 0 radical (unpaired) electrons. The van der Waals surface area contributed by atoms with Crippen molar-refractivity contribution in [1.29, 1.82) is 0 Å². The summed E-state index contributed by atoms with van der Waals surface area (Å²) < 4.78 is 5.84. The maximum Gasteiger partial charge on any atom is 0.262 e. The maximum absolute atomic E-state index is 12.9. The van der Waals surface area contributed by atoms with Gasteiger partial charge in [0.1, 0.15) is 6.04 Å². The molecule has 3 N–H and O–H groups in total. The molecule has 3 heterocycles. The molecular weight excluding hydrogens is 400 g/mol. The van der Waals surface area contributed by atoms with Gasteiger partial charge in [-0.1, -0.05) is 6.07 Å². The smallest absolute Gasteiger partial charge is 0.262 e. The third-order valence-electron chi connectivity index (χ3n) is 6.15. The van der Waals surface area contributed by atoms with E-state index < -0.39 is 23.8 Å². The van der Waals surface area contributed by atoms with Crippen LogP contribution in [0.2, 0.25) is 0 Å². The summed E-state index contributed by atoms with van der Waals surface area (Å²) >= 11 is 0. The number of amides is 4. The average Bonchev–Trinajstić information content (AvgIpc) is 3.00. The first-order chi connectivity index (χ1) is 15.0. The number of ether oxygens (including phenoxy) is 1. The molecule has 9 heteroatoms. The molecule has 0 bridgehead atoms. The van der Waals surface area contributed by atoms with Gasteiger partial charge in [-0.15, -0.1) is 0 Å². The van der Waals surface area contributed by atoms with Crippen LogP contribution in [0.15, 0.2) is 18.2 Å². The highest BCUT2D eigenvalue weighted by atomic mass is 16.5. The normalized spacial score (nSPS) is 22.7. The zero-order chi connectivity index (χ0) is 22.0. The number of carbonyl (C=O) groups is 4. The van der Waals surface area contributed by atoms with Crippen LogP contribution in [0.4, 0.5) is 0 Å². The number of imide groups is 2. The van der Waals surface area contributed by atoms with Gasteiger partial charge in [-0.25, -0.2) is 0 Å². The number of hydrogen-bond acceptors (Lipinski definition) is 7.